The zero-order valence-corrected chi connectivity index (χ0v) is 12.9. The second-order valence-electron chi connectivity index (χ2n) is 5.76. The summed E-state index contributed by atoms with van der Waals surface area (Å²) in [6, 6.07) is 9.78. The third-order valence-electron chi connectivity index (χ3n) is 3.40. The molecule has 114 valence electrons. The predicted molar refractivity (Wildman–Crippen MR) is 83.0 cm³/mol. The minimum Gasteiger partial charge on any atom is -0.483 e. The van der Waals surface area contributed by atoms with Gasteiger partial charge in [0.2, 0.25) is 0 Å². The lowest BCUT2D eigenvalue weighted by Gasteiger charge is -2.18. The quantitative estimate of drug-likeness (QED) is 0.604. The first-order valence-electron chi connectivity index (χ1n) is 6.78. The molecule has 1 aliphatic rings. The van der Waals surface area contributed by atoms with Gasteiger partial charge in [-0.1, -0.05) is 23.7 Å². The van der Waals surface area contributed by atoms with E-state index in [0.717, 1.165) is 12.0 Å². The second-order valence-corrected chi connectivity index (χ2v) is 6.16. The Kier molecular flexibility index (Phi) is 3.45. The first-order valence-corrected chi connectivity index (χ1v) is 7.16. The summed E-state index contributed by atoms with van der Waals surface area (Å²) in [6.07, 6.45) is 0.799. The molecular formula is C16H14ClNO4. The molecule has 0 aromatic heterocycles. The van der Waals surface area contributed by atoms with Gasteiger partial charge < -0.3 is 9.47 Å². The lowest BCUT2D eigenvalue weighted by molar-refractivity contribution is -0.384. The van der Waals surface area contributed by atoms with Crippen LogP contribution in [0.1, 0.15) is 19.4 Å². The van der Waals surface area contributed by atoms with Gasteiger partial charge in [-0.15, -0.1) is 0 Å². The number of non-ortho nitro benzene ring substituents is 1. The van der Waals surface area contributed by atoms with E-state index in [1.165, 1.54) is 18.2 Å². The van der Waals surface area contributed by atoms with Crippen molar-refractivity contribution < 1.29 is 14.4 Å². The van der Waals surface area contributed by atoms with Crippen molar-refractivity contribution in [2.45, 2.75) is 25.9 Å². The number of nitro groups is 1. The van der Waals surface area contributed by atoms with Crippen LogP contribution < -0.4 is 9.47 Å². The van der Waals surface area contributed by atoms with Crippen LogP contribution in [-0.2, 0) is 6.42 Å². The van der Waals surface area contributed by atoms with Crippen LogP contribution in [0.4, 0.5) is 5.69 Å². The highest BCUT2D eigenvalue weighted by atomic mass is 35.5. The number of ether oxygens (including phenoxy) is 2. The van der Waals surface area contributed by atoms with Gasteiger partial charge in [0.25, 0.3) is 5.69 Å². The van der Waals surface area contributed by atoms with Crippen molar-refractivity contribution in [3.05, 3.63) is 57.1 Å². The number of rotatable bonds is 3. The molecular weight excluding hydrogens is 306 g/mol. The molecule has 0 saturated heterocycles. The van der Waals surface area contributed by atoms with Gasteiger partial charge in [0.1, 0.15) is 11.4 Å². The molecule has 0 N–H and O–H groups in total. The Morgan fingerprint density at radius 3 is 2.73 bits per heavy atom. The van der Waals surface area contributed by atoms with Crippen molar-refractivity contribution in [2.24, 2.45) is 0 Å². The number of hydrogen-bond donors (Lipinski definition) is 0. The van der Waals surface area contributed by atoms with Crippen LogP contribution in [-0.4, -0.2) is 10.5 Å². The number of hydrogen-bond acceptors (Lipinski definition) is 4. The topological polar surface area (TPSA) is 61.6 Å². The average molecular weight is 320 g/mol. The van der Waals surface area contributed by atoms with E-state index in [1.54, 1.807) is 6.07 Å². The highest BCUT2D eigenvalue weighted by Gasteiger charge is 2.32. The molecule has 2 aromatic carbocycles. The Morgan fingerprint density at radius 2 is 2.05 bits per heavy atom. The third kappa shape index (κ3) is 2.72. The van der Waals surface area contributed by atoms with Crippen molar-refractivity contribution in [2.75, 3.05) is 0 Å². The fourth-order valence-corrected chi connectivity index (χ4v) is 2.69. The zero-order valence-electron chi connectivity index (χ0n) is 12.1. The molecule has 0 saturated carbocycles. The van der Waals surface area contributed by atoms with Crippen molar-refractivity contribution in [1.29, 1.82) is 0 Å². The summed E-state index contributed by atoms with van der Waals surface area (Å²) < 4.78 is 11.7. The molecule has 0 amide bonds. The van der Waals surface area contributed by atoms with Gasteiger partial charge in [0.05, 0.1) is 9.95 Å². The van der Waals surface area contributed by atoms with Gasteiger partial charge >= 0.3 is 0 Å². The largest absolute Gasteiger partial charge is 0.483 e. The van der Waals surface area contributed by atoms with Crippen molar-refractivity contribution in [3.63, 3.8) is 0 Å². The van der Waals surface area contributed by atoms with Gasteiger partial charge in [0, 0.05) is 24.1 Å². The van der Waals surface area contributed by atoms with Crippen molar-refractivity contribution >= 4 is 17.3 Å². The Bertz CT molecular complexity index is 758. The SMILES string of the molecule is CC1(C)Cc2cccc(Oc3ccc([N+](=O)[O-])cc3Cl)c2O1. The maximum atomic E-state index is 10.7. The van der Waals surface area contributed by atoms with E-state index in [4.69, 9.17) is 21.1 Å². The summed E-state index contributed by atoms with van der Waals surface area (Å²) in [4.78, 5) is 10.2. The van der Waals surface area contributed by atoms with Crippen LogP contribution in [0.5, 0.6) is 17.2 Å². The van der Waals surface area contributed by atoms with Crippen LogP contribution in [0.2, 0.25) is 5.02 Å². The highest BCUT2D eigenvalue weighted by molar-refractivity contribution is 6.32. The fourth-order valence-electron chi connectivity index (χ4n) is 2.47. The molecule has 0 aliphatic carbocycles. The fraction of sp³-hybridized carbons (Fsp3) is 0.250. The van der Waals surface area contributed by atoms with Gasteiger partial charge in [-0.05, 0) is 26.0 Å². The molecule has 22 heavy (non-hydrogen) atoms. The maximum absolute atomic E-state index is 10.7. The Labute approximate surface area is 132 Å². The lowest BCUT2D eigenvalue weighted by Crippen LogP contribution is -2.24. The van der Waals surface area contributed by atoms with E-state index < -0.39 is 4.92 Å². The minimum absolute atomic E-state index is 0.0759. The van der Waals surface area contributed by atoms with Gasteiger partial charge in [-0.25, -0.2) is 0 Å². The highest BCUT2D eigenvalue weighted by Crippen LogP contribution is 2.44. The summed E-state index contributed by atoms with van der Waals surface area (Å²) in [5.74, 6) is 1.61. The molecule has 6 heteroatoms. The van der Waals surface area contributed by atoms with Crippen molar-refractivity contribution in [3.8, 4) is 17.2 Å². The number of benzene rings is 2. The zero-order chi connectivity index (χ0) is 15.9. The Morgan fingerprint density at radius 1 is 1.27 bits per heavy atom. The molecule has 0 spiro atoms. The molecule has 0 radical (unpaired) electrons. The van der Waals surface area contributed by atoms with E-state index in [1.807, 2.05) is 26.0 Å². The number of para-hydroxylation sites is 1. The van der Waals surface area contributed by atoms with Crippen LogP contribution in [0.25, 0.3) is 0 Å². The monoisotopic (exact) mass is 319 g/mol. The Balaban J connectivity index is 1.93. The van der Waals surface area contributed by atoms with Crippen LogP contribution >= 0.6 is 11.6 Å². The van der Waals surface area contributed by atoms with Gasteiger partial charge in [-0.2, -0.15) is 0 Å². The second kappa shape index (κ2) is 5.18. The Hall–Kier alpha value is -2.27. The summed E-state index contributed by atoms with van der Waals surface area (Å²) in [7, 11) is 0. The molecule has 1 heterocycles. The average Bonchev–Trinajstić information content (AvgIpc) is 2.75. The molecule has 3 rings (SSSR count). The van der Waals surface area contributed by atoms with Crippen LogP contribution in [0.15, 0.2) is 36.4 Å². The van der Waals surface area contributed by atoms with E-state index in [9.17, 15) is 10.1 Å². The van der Waals surface area contributed by atoms with Crippen molar-refractivity contribution in [1.82, 2.24) is 0 Å². The van der Waals surface area contributed by atoms with E-state index in [0.29, 0.717) is 17.2 Å². The first-order chi connectivity index (χ1) is 10.4. The first kappa shape index (κ1) is 14.7. The van der Waals surface area contributed by atoms with Crippen LogP contribution in [0, 0.1) is 10.1 Å². The predicted octanol–water partition coefficient (Wildman–Crippen LogP) is 4.75. The molecule has 0 atom stereocenters. The van der Waals surface area contributed by atoms with Crippen LogP contribution in [0.3, 0.4) is 0 Å². The number of fused-ring (bicyclic) bond motifs is 1. The van der Waals surface area contributed by atoms with E-state index >= 15 is 0 Å². The summed E-state index contributed by atoms with van der Waals surface area (Å²) in [6.45, 7) is 4.02. The molecule has 1 aliphatic heterocycles. The smallest absolute Gasteiger partial charge is 0.271 e. The lowest BCUT2D eigenvalue weighted by atomic mass is 10.0. The number of halogens is 1. The molecule has 5 nitrogen and oxygen atoms in total. The molecule has 2 aromatic rings. The van der Waals surface area contributed by atoms with Gasteiger partial charge in [0.15, 0.2) is 11.5 Å². The molecule has 0 fully saturated rings. The maximum Gasteiger partial charge on any atom is 0.271 e. The summed E-state index contributed by atoms with van der Waals surface area (Å²) in [5, 5.41) is 10.9. The van der Waals surface area contributed by atoms with Gasteiger partial charge in [-0.3, -0.25) is 10.1 Å². The summed E-state index contributed by atoms with van der Waals surface area (Å²) >= 11 is 6.06. The number of nitro benzene ring substituents is 1. The minimum atomic E-state index is -0.499. The summed E-state index contributed by atoms with van der Waals surface area (Å²) in [5.41, 5.74) is 0.717. The molecule has 0 bridgehead atoms. The standard InChI is InChI=1S/C16H14ClNO4/c1-16(2)9-10-4-3-5-14(15(10)22-16)21-13-7-6-11(18(19)20)8-12(13)17/h3-8H,9H2,1-2H3. The van der Waals surface area contributed by atoms with E-state index in [-0.39, 0.29) is 16.3 Å². The third-order valence-corrected chi connectivity index (χ3v) is 3.70. The normalized spacial score (nSPS) is 15.0. The molecule has 0 unspecified atom stereocenters. The van der Waals surface area contributed by atoms with E-state index in [2.05, 4.69) is 0 Å². The number of nitrogens with zero attached hydrogens (tertiary/aromatic N) is 1.